The maximum absolute atomic E-state index is 12.6. The molecule has 0 heterocycles. The van der Waals surface area contributed by atoms with Gasteiger partial charge < -0.3 is 33.3 Å². The molecule has 0 saturated carbocycles. The third kappa shape index (κ3) is 32.1. The molecule has 0 aliphatic heterocycles. The highest BCUT2D eigenvalue weighted by Gasteiger charge is 2.21. The molecule has 0 amide bonds. The van der Waals surface area contributed by atoms with Crippen LogP contribution in [-0.4, -0.2) is 82.3 Å². The Hall–Kier alpha value is -2.23. The van der Waals surface area contributed by atoms with Gasteiger partial charge in [0, 0.05) is 12.8 Å². The summed E-state index contributed by atoms with van der Waals surface area (Å²) in [4.78, 5) is 36.6. The molecule has 0 aromatic heterocycles. The van der Waals surface area contributed by atoms with Gasteiger partial charge in [-0.2, -0.15) is 0 Å². The number of carbonyl (C=O) groups excluding carboxylic acids is 3. The van der Waals surface area contributed by atoms with Crippen molar-refractivity contribution in [2.75, 3.05) is 47.5 Å². The van der Waals surface area contributed by atoms with Gasteiger partial charge in [-0.25, -0.2) is 0 Å². The number of ether oxygens (including phenoxy) is 4. The molecule has 2 unspecified atom stereocenters. The lowest BCUT2D eigenvalue weighted by Crippen LogP contribution is -2.44. The Morgan fingerprint density at radius 2 is 1.13 bits per heavy atom. The van der Waals surface area contributed by atoms with Gasteiger partial charge in [-0.1, -0.05) is 95.9 Å². The molecule has 47 heavy (non-hydrogen) atoms. The van der Waals surface area contributed by atoms with Crippen molar-refractivity contribution < 1.29 is 42.9 Å². The third-order valence-corrected chi connectivity index (χ3v) is 7.65. The van der Waals surface area contributed by atoms with E-state index >= 15 is 0 Å². The summed E-state index contributed by atoms with van der Waals surface area (Å²) in [6.07, 6.45) is 26.4. The van der Waals surface area contributed by atoms with E-state index < -0.39 is 24.3 Å². The molecule has 2 atom stereocenters. The lowest BCUT2D eigenvalue weighted by Gasteiger charge is -2.26. The number of carboxylic acid groups (broad SMARTS) is 1. The number of unbranched alkanes of at least 4 members (excludes halogenated alkanes) is 14. The lowest BCUT2D eigenvalue weighted by molar-refractivity contribution is -0.870. The lowest BCUT2D eigenvalue weighted by atomic mass is 10.1. The Labute approximate surface area is 287 Å². The topological polar surface area (TPSA) is 111 Å². The van der Waals surface area contributed by atoms with Crippen LogP contribution >= 0.6 is 0 Å². The fraction of sp³-hybridized carbons (Fsp3) is 0.816. The van der Waals surface area contributed by atoms with Crippen molar-refractivity contribution in [3.05, 3.63) is 24.3 Å². The number of esters is 2. The van der Waals surface area contributed by atoms with Crippen molar-refractivity contribution in [2.45, 2.75) is 155 Å². The van der Waals surface area contributed by atoms with Gasteiger partial charge >= 0.3 is 11.9 Å². The summed E-state index contributed by atoms with van der Waals surface area (Å²) in [6, 6.07) is 0. The predicted octanol–water partition coefficient (Wildman–Crippen LogP) is 7.21. The maximum Gasteiger partial charge on any atom is 0.306 e. The van der Waals surface area contributed by atoms with Gasteiger partial charge in [0.2, 0.25) is 0 Å². The molecule has 0 N–H and O–H groups in total. The Morgan fingerprint density at radius 3 is 1.66 bits per heavy atom. The number of hydrogen-bond donors (Lipinski definition) is 0. The van der Waals surface area contributed by atoms with Crippen LogP contribution in [0.25, 0.3) is 0 Å². The van der Waals surface area contributed by atoms with Gasteiger partial charge in [0.25, 0.3) is 0 Å². The monoisotopic (exact) mass is 668 g/mol. The van der Waals surface area contributed by atoms with Crippen molar-refractivity contribution in [3.63, 3.8) is 0 Å². The maximum atomic E-state index is 12.6. The van der Waals surface area contributed by atoms with E-state index in [1.54, 1.807) is 0 Å². The number of quaternary nitrogens is 1. The van der Waals surface area contributed by atoms with Gasteiger partial charge in [0.1, 0.15) is 13.2 Å². The van der Waals surface area contributed by atoms with Crippen LogP contribution in [0, 0.1) is 0 Å². The minimum absolute atomic E-state index is 0.145. The average molecular weight is 668 g/mol. The molecule has 0 aromatic carbocycles. The first-order chi connectivity index (χ1) is 22.6. The molecule has 0 aliphatic rings. The molecule has 9 nitrogen and oxygen atoms in total. The highest BCUT2D eigenvalue weighted by atomic mass is 16.7. The number of rotatable bonds is 33. The summed E-state index contributed by atoms with van der Waals surface area (Å²) in [6.45, 7) is 4.60. The van der Waals surface area contributed by atoms with Crippen LogP contribution in [0.4, 0.5) is 0 Å². The Bertz CT molecular complexity index is 836. The number of hydrogen-bond acceptors (Lipinski definition) is 8. The minimum Gasteiger partial charge on any atom is -0.545 e. The first-order valence-corrected chi connectivity index (χ1v) is 18.5. The largest absolute Gasteiger partial charge is 0.545 e. The molecule has 0 saturated heterocycles. The van der Waals surface area contributed by atoms with E-state index in [4.69, 9.17) is 18.9 Å². The van der Waals surface area contributed by atoms with Crippen LogP contribution < -0.4 is 5.11 Å². The van der Waals surface area contributed by atoms with Gasteiger partial charge in [0.15, 0.2) is 12.4 Å². The Morgan fingerprint density at radius 1 is 0.617 bits per heavy atom. The minimum atomic E-state index is -1.62. The second-order valence-corrected chi connectivity index (χ2v) is 13.5. The standard InChI is InChI=1S/C38H69NO8/c1-6-8-10-12-14-16-18-19-21-23-25-27-29-36(41)47-34(33-46-38(37(42)43)44-31-30-39(3,4)5)32-45-35(40)28-26-24-22-20-17-15-13-11-9-7-2/h11,13-14,16,34,38H,6-10,12,15,17-33H2,1-5H3/b13-11-,16-14-. The number of carboxylic acids is 1. The number of carbonyl (C=O) groups is 3. The van der Waals surface area contributed by atoms with Crippen molar-refractivity contribution in [1.29, 1.82) is 0 Å². The van der Waals surface area contributed by atoms with E-state index in [1.165, 1.54) is 25.7 Å². The van der Waals surface area contributed by atoms with Crippen molar-refractivity contribution >= 4 is 17.9 Å². The molecular weight excluding hydrogens is 598 g/mol. The second-order valence-electron chi connectivity index (χ2n) is 13.5. The summed E-state index contributed by atoms with van der Waals surface area (Å²) in [7, 11) is 5.88. The fourth-order valence-electron chi connectivity index (χ4n) is 4.71. The van der Waals surface area contributed by atoms with E-state index in [0.29, 0.717) is 17.4 Å². The second kappa shape index (κ2) is 31.1. The molecule has 0 fully saturated rings. The third-order valence-electron chi connectivity index (χ3n) is 7.65. The van der Waals surface area contributed by atoms with Crippen molar-refractivity contribution in [3.8, 4) is 0 Å². The average Bonchev–Trinajstić information content (AvgIpc) is 3.02. The summed E-state index contributed by atoms with van der Waals surface area (Å²) in [5, 5.41) is 11.6. The van der Waals surface area contributed by atoms with Crippen LogP contribution in [0.2, 0.25) is 0 Å². The quantitative estimate of drug-likeness (QED) is 0.0237. The first-order valence-electron chi connectivity index (χ1n) is 18.5. The van der Waals surface area contributed by atoms with Crippen LogP contribution in [0.3, 0.4) is 0 Å². The van der Waals surface area contributed by atoms with Gasteiger partial charge in [-0.3, -0.25) is 9.59 Å². The molecule has 0 spiro atoms. The van der Waals surface area contributed by atoms with Crippen LogP contribution in [0.5, 0.6) is 0 Å². The molecule has 9 heteroatoms. The van der Waals surface area contributed by atoms with Crippen LogP contribution in [0.1, 0.15) is 142 Å². The number of likely N-dealkylation sites (N-methyl/N-ethyl adjacent to an activating group) is 1. The number of nitrogens with zero attached hydrogens (tertiary/aromatic N) is 1. The summed E-state index contributed by atoms with van der Waals surface area (Å²) in [5.74, 6) is -2.32. The zero-order valence-electron chi connectivity index (χ0n) is 30.6. The summed E-state index contributed by atoms with van der Waals surface area (Å²) < 4.78 is 22.4. The van der Waals surface area contributed by atoms with E-state index in [1.807, 2.05) is 21.1 Å². The van der Waals surface area contributed by atoms with Crippen LogP contribution in [0.15, 0.2) is 24.3 Å². The van der Waals surface area contributed by atoms with E-state index in [0.717, 1.165) is 83.5 Å². The molecular formula is C38H69NO8. The number of allylic oxidation sites excluding steroid dienone is 4. The van der Waals surface area contributed by atoms with E-state index in [9.17, 15) is 19.5 Å². The Kier molecular flexibility index (Phi) is 29.6. The van der Waals surface area contributed by atoms with Crippen molar-refractivity contribution in [2.24, 2.45) is 0 Å². The van der Waals surface area contributed by atoms with Crippen LogP contribution in [-0.2, 0) is 33.3 Å². The number of aliphatic carboxylic acids is 1. The summed E-state index contributed by atoms with van der Waals surface area (Å²) in [5.41, 5.74) is 0. The van der Waals surface area contributed by atoms with Gasteiger partial charge in [-0.15, -0.1) is 0 Å². The SMILES string of the molecule is CCC/C=C\CCCCCCCC(=O)OCC(COC(OCC[N+](C)(C)C)C(=O)[O-])OC(=O)CCCCCCC/C=C\CCCCC. The molecule has 0 rings (SSSR count). The smallest absolute Gasteiger partial charge is 0.306 e. The van der Waals surface area contributed by atoms with Crippen molar-refractivity contribution in [1.82, 2.24) is 0 Å². The molecule has 0 bridgehead atoms. The van der Waals surface area contributed by atoms with Gasteiger partial charge in [-0.05, 0) is 57.8 Å². The summed E-state index contributed by atoms with van der Waals surface area (Å²) >= 11 is 0. The molecule has 274 valence electrons. The highest BCUT2D eigenvalue weighted by Crippen LogP contribution is 2.12. The predicted molar refractivity (Wildman–Crippen MR) is 186 cm³/mol. The molecule has 0 aliphatic carbocycles. The highest BCUT2D eigenvalue weighted by molar-refractivity contribution is 5.70. The van der Waals surface area contributed by atoms with Gasteiger partial charge in [0.05, 0.1) is 40.3 Å². The zero-order valence-corrected chi connectivity index (χ0v) is 30.6. The fourth-order valence-corrected chi connectivity index (χ4v) is 4.71. The van der Waals surface area contributed by atoms with E-state index in [2.05, 4.69) is 38.2 Å². The van der Waals surface area contributed by atoms with E-state index in [-0.39, 0.29) is 38.6 Å². The normalized spacial score (nSPS) is 13.3. The molecule has 0 aromatic rings. The first kappa shape index (κ1) is 44.8. The molecule has 0 radical (unpaired) electrons. The zero-order chi connectivity index (χ0) is 35.0. The Balaban J connectivity index is 4.60.